The van der Waals surface area contributed by atoms with E-state index in [-0.39, 0.29) is 11.1 Å². The lowest BCUT2D eigenvalue weighted by Crippen LogP contribution is -2.21. The predicted octanol–water partition coefficient (Wildman–Crippen LogP) is 4.39. The first kappa shape index (κ1) is 18.3. The summed E-state index contributed by atoms with van der Waals surface area (Å²) in [6, 6.07) is 6.91. The number of thiophene rings is 1. The van der Waals surface area contributed by atoms with Crippen LogP contribution >= 0.6 is 27.3 Å². The number of halogens is 1. The monoisotopic (exact) mass is 434 g/mol. The number of hydrogen-bond acceptors (Lipinski definition) is 6. The quantitative estimate of drug-likeness (QED) is 0.597. The average Bonchev–Trinajstić information content (AvgIpc) is 2.87. The Labute approximate surface area is 161 Å². The van der Waals surface area contributed by atoms with Gasteiger partial charge in [0.2, 0.25) is 5.55 Å². The first-order valence-corrected chi connectivity index (χ1v) is 9.20. The molecule has 0 bridgehead atoms. The highest BCUT2D eigenvalue weighted by Gasteiger charge is 2.23. The third kappa shape index (κ3) is 3.30. The highest BCUT2D eigenvalue weighted by Crippen LogP contribution is 2.33. The maximum atomic E-state index is 12.7. The molecule has 0 aliphatic rings. The molecule has 0 aliphatic carbocycles. The van der Waals surface area contributed by atoms with Gasteiger partial charge >= 0.3 is 5.97 Å². The lowest BCUT2D eigenvalue weighted by Gasteiger charge is -2.07. The van der Waals surface area contributed by atoms with E-state index < -0.39 is 11.9 Å². The SMILES string of the molecule is COC(=O)c1c(NC(=O)c2cc3cc(Br)ccc3oc2=N)sc(C)c1C. The maximum Gasteiger partial charge on any atom is 0.341 e. The average molecular weight is 435 g/mol. The van der Waals surface area contributed by atoms with Crippen molar-refractivity contribution in [1.29, 1.82) is 5.41 Å². The van der Waals surface area contributed by atoms with Gasteiger partial charge in [0, 0.05) is 14.7 Å². The second kappa shape index (κ2) is 7.05. The minimum absolute atomic E-state index is 0.0788. The zero-order chi connectivity index (χ0) is 19.0. The summed E-state index contributed by atoms with van der Waals surface area (Å²) in [6.07, 6.45) is 0. The molecular formula is C18H15BrN2O4S. The number of benzene rings is 1. The zero-order valence-electron chi connectivity index (χ0n) is 14.2. The van der Waals surface area contributed by atoms with Gasteiger partial charge in [0.25, 0.3) is 5.91 Å². The molecule has 0 unspecified atom stereocenters. The van der Waals surface area contributed by atoms with Crippen LogP contribution in [-0.2, 0) is 4.74 Å². The minimum Gasteiger partial charge on any atom is -0.465 e. The first-order valence-electron chi connectivity index (χ1n) is 7.59. The summed E-state index contributed by atoms with van der Waals surface area (Å²) in [6.45, 7) is 3.66. The molecule has 0 aliphatic heterocycles. The molecule has 0 saturated carbocycles. The van der Waals surface area contributed by atoms with Gasteiger partial charge in [0.05, 0.1) is 12.7 Å². The molecule has 0 radical (unpaired) electrons. The Kier molecular flexibility index (Phi) is 4.97. The largest absolute Gasteiger partial charge is 0.465 e. The Balaban J connectivity index is 2.03. The van der Waals surface area contributed by atoms with Gasteiger partial charge in [0.1, 0.15) is 16.1 Å². The van der Waals surface area contributed by atoms with E-state index in [0.717, 1.165) is 14.9 Å². The van der Waals surface area contributed by atoms with Crippen molar-refractivity contribution in [1.82, 2.24) is 0 Å². The fraction of sp³-hybridized carbons (Fsp3) is 0.167. The van der Waals surface area contributed by atoms with Crippen LogP contribution in [-0.4, -0.2) is 19.0 Å². The van der Waals surface area contributed by atoms with Crippen LogP contribution in [0, 0.1) is 19.3 Å². The fourth-order valence-corrected chi connectivity index (χ4v) is 3.94. The summed E-state index contributed by atoms with van der Waals surface area (Å²) in [5, 5.41) is 11.8. The fourth-order valence-electron chi connectivity index (χ4n) is 2.51. The van der Waals surface area contributed by atoms with Crippen LogP contribution in [0.15, 0.2) is 33.2 Å². The number of carbonyl (C=O) groups is 2. The first-order chi connectivity index (χ1) is 12.3. The van der Waals surface area contributed by atoms with Gasteiger partial charge in [-0.25, -0.2) is 4.79 Å². The normalized spacial score (nSPS) is 10.8. The molecule has 2 aromatic heterocycles. The molecule has 26 heavy (non-hydrogen) atoms. The van der Waals surface area contributed by atoms with Gasteiger partial charge in [-0.05, 0) is 43.7 Å². The standard InChI is InChI=1S/C18H15BrN2O4S/c1-8-9(2)26-17(14(8)18(23)24-3)21-16(22)12-7-10-6-11(19)4-5-13(10)25-15(12)20/h4-7,20H,1-3H3,(H,21,22). The molecule has 0 atom stereocenters. The highest BCUT2D eigenvalue weighted by molar-refractivity contribution is 9.10. The molecule has 8 heteroatoms. The van der Waals surface area contributed by atoms with Crippen molar-refractivity contribution in [3.8, 4) is 0 Å². The lowest BCUT2D eigenvalue weighted by molar-refractivity contribution is 0.0601. The number of hydrogen-bond donors (Lipinski definition) is 2. The molecule has 0 fully saturated rings. The lowest BCUT2D eigenvalue weighted by atomic mass is 10.1. The van der Waals surface area contributed by atoms with E-state index in [2.05, 4.69) is 21.2 Å². The number of amides is 1. The number of esters is 1. The molecule has 6 nitrogen and oxygen atoms in total. The van der Waals surface area contributed by atoms with E-state index >= 15 is 0 Å². The number of methoxy groups -OCH3 is 1. The van der Waals surface area contributed by atoms with Gasteiger partial charge in [-0.1, -0.05) is 15.9 Å². The Morgan fingerprint density at radius 3 is 2.69 bits per heavy atom. The second-order valence-corrected chi connectivity index (χ2v) is 7.74. The summed E-state index contributed by atoms with van der Waals surface area (Å²) < 4.78 is 11.1. The van der Waals surface area contributed by atoms with Crippen LogP contribution in [0.5, 0.6) is 0 Å². The number of anilines is 1. The van der Waals surface area contributed by atoms with Crippen molar-refractivity contribution < 1.29 is 18.7 Å². The molecule has 0 saturated heterocycles. The van der Waals surface area contributed by atoms with Crippen LogP contribution in [0.1, 0.15) is 31.2 Å². The van der Waals surface area contributed by atoms with Crippen LogP contribution < -0.4 is 10.9 Å². The number of carbonyl (C=O) groups excluding carboxylic acids is 2. The molecule has 0 spiro atoms. The van der Waals surface area contributed by atoms with Gasteiger partial charge in [-0.2, -0.15) is 0 Å². The second-order valence-electron chi connectivity index (χ2n) is 5.60. The van der Waals surface area contributed by atoms with Crippen LogP contribution in [0.2, 0.25) is 0 Å². The minimum atomic E-state index is -0.521. The Morgan fingerprint density at radius 1 is 1.27 bits per heavy atom. The number of aryl methyl sites for hydroxylation is 1. The third-order valence-corrected chi connectivity index (χ3v) is 5.59. The maximum absolute atomic E-state index is 12.7. The number of rotatable bonds is 3. The summed E-state index contributed by atoms with van der Waals surface area (Å²) >= 11 is 4.66. The van der Waals surface area contributed by atoms with E-state index in [1.54, 1.807) is 31.2 Å². The Bertz CT molecular complexity index is 1100. The third-order valence-electron chi connectivity index (χ3n) is 3.97. The van der Waals surface area contributed by atoms with E-state index in [0.29, 0.717) is 21.5 Å². The van der Waals surface area contributed by atoms with Crippen molar-refractivity contribution in [3.63, 3.8) is 0 Å². The molecule has 1 aromatic carbocycles. The van der Waals surface area contributed by atoms with Crippen LogP contribution in [0.25, 0.3) is 11.0 Å². The van der Waals surface area contributed by atoms with Crippen molar-refractivity contribution in [2.24, 2.45) is 0 Å². The van der Waals surface area contributed by atoms with Gasteiger partial charge in [-0.3, -0.25) is 10.2 Å². The van der Waals surface area contributed by atoms with Crippen LogP contribution in [0.4, 0.5) is 5.00 Å². The number of fused-ring (bicyclic) bond motifs is 1. The summed E-state index contributed by atoms with van der Waals surface area (Å²) in [5.74, 6) is -1.03. The highest BCUT2D eigenvalue weighted by atomic mass is 79.9. The molecule has 3 aromatic rings. The van der Waals surface area contributed by atoms with E-state index in [9.17, 15) is 9.59 Å². The predicted molar refractivity (Wildman–Crippen MR) is 103 cm³/mol. The van der Waals surface area contributed by atoms with E-state index in [1.165, 1.54) is 18.4 Å². The van der Waals surface area contributed by atoms with Crippen molar-refractivity contribution in [2.45, 2.75) is 13.8 Å². The molecule has 1 amide bonds. The summed E-state index contributed by atoms with van der Waals surface area (Å²) in [7, 11) is 1.29. The van der Waals surface area contributed by atoms with Crippen molar-refractivity contribution in [3.05, 3.63) is 55.9 Å². The van der Waals surface area contributed by atoms with Crippen LogP contribution in [0.3, 0.4) is 0 Å². The molecule has 2 heterocycles. The number of ether oxygens (including phenoxy) is 1. The summed E-state index contributed by atoms with van der Waals surface area (Å²) in [4.78, 5) is 25.6. The molecule has 134 valence electrons. The molecule has 3 rings (SSSR count). The molecular weight excluding hydrogens is 420 g/mol. The van der Waals surface area contributed by atoms with E-state index in [4.69, 9.17) is 14.6 Å². The van der Waals surface area contributed by atoms with Gasteiger partial charge in [-0.15, -0.1) is 11.3 Å². The Hall–Kier alpha value is -2.45. The summed E-state index contributed by atoms with van der Waals surface area (Å²) in [5.41, 5.74) is 1.43. The number of nitrogens with one attached hydrogen (secondary N) is 2. The zero-order valence-corrected chi connectivity index (χ0v) is 16.6. The Morgan fingerprint density at radius 2 is 2.00 bits per heavy atom. The topological polar surface area (TPSA) is 92.4 Å². The van der Waals surface area contributed by atoms with Gasteiger partial charge < -0.3 is 14.5 Å². The van der Waals surface area contributed by atoms with Crippen molar-refractivity contribution >= 4 is 55.1 Å². The molecule has 2 N–H and O–H groups in total. The van der Waals surface area contributed by atoms with Gasteiger partial charge in [0.15, 0.2) is 0 Å². The van der Waals surface area contributed by atoms with E-state index in [1.807, 2.05) is 6.92 Å². The van der Waals surface area contributed by atoms with Crippen molar-refractivity contribution in [2.75, 3.05) is 12.4 Å². The smallest absolute Gasteiger partial charge is 0.341 e.